The summed E-state index contributed by atoms with van der Waals surface area (Å²) in [6.45, 7) is 5.91. The normalized spacial score (nSPS) is 25.8. The number of rotatable bonds is 2. The molecule has 1 aromatic rings. The van der Waals surface area contributed by atoms with Crippen molar-refractivity contribution in [2.24, 2.45) is 0 Å². The second kappa shape index (κ2) is 5.68. The molecule has 1 N–H and O–H groups in total. The van der Waals surface area contributed by atoms with E-state index in [9.17, 15) is 4.79 Å². The van der Waals surface area contributed by atoms with E-state index in [1.165, 1.54) is 24.1 Å². The molecule has 2 aliphatic heterocycles. The van der Waals surface area contributed by atoms with E-state index in [2.05, 4.69) is 42.4 Å². The minimum Gasteiger partial charge on any atom is -0.382 e. The van der Waals surface area contributed by atoms with Gasteiger partial charge in [-0.25, -0.2) is 0 Å². The van der Waals surface area contributed by atoms with Gasteiger partial charge in [0, 0.05) is 43.5 Å². The predicted molar refractivity (Wildman–Crippen MR) is 86.9 cm³/mol. The van der Waals surface area contributed by atoms with Gasteiger partial charge >= 0.3 is 0 Å². The van der Waals surface area contributed by atoms with Crippen LogP contribution in [0.2, 0.25) is 0 Å². The first-order valence-corrected chi connectivity index (χ1v) is 7.92. The van der Waals surface area contributed by atoms with Gasteiger partial charge in [0.1, 0.15) is 0 Å². The van der Waals surface area contributed by atoms with Gasteiger partial charge in [-0.2, -0.15) is 0 Å². The molecule has 0 aromatic heterocycles. The summed E-state index contributed by atoms with van der Waals surface area (Å²) in [6, 6.07) is 7.62. The monoisotopic (exact) mass is 287 g/mol. The zero-order valence-corrected chi connectivity index (χ0v) is 13.2. The summed E-state index contributed by atoms with van der Waals surface area (Å²) in [5.74, 6) is 0.138. The minimum atomic E-state index is 0.138. The van der Waals surface area contributed by atoms with E-state index in [1.807, 2.05) is 4.90 Å². The Bertz CT molecular complexity index is 543. The van der Waals surface area contributed by atoms with Crippen LogP contribution >= 0.6 is 0 Å². The van der Waals surface area contributed by atoms with E-state index >= 15 is 0 Å². The molecule has 4 nitrogen and oxygen atoms in total. The number of anilines is 2. The van der Waals surface area contributed by atoms with Crippen molar-refractivity contribution in [3.8, 4) is 0 Å². The van der Waals surface area contributed by atoms with Crippen molar-refractivity contribution in [3.63, 3.8) is 0 Å². The minimum absolute atomic E-state index is 0.138. The number of hydrogen-bond acceptors (Lipinski definition) is 3. The lowest BCUT2D eigenvalue weighted by Crippen LogP contribution is -2.42. The van der Waals surface area contributed by atoms with Crippen molar-refractivity contribution in [2.75, 3.05) is 30.4 Å². The molecule has 0 radical (unpaired) electrons. The SMILES string of the molecule is CC(=O)N1CCc2cc(NC3CCN(C)C(C)C3)ccc21. The third kappa shape index (κ3) is 2.91. The van der Waals surface area contributed by atoms with Crippen LogP contribution in [0.5, 0.6) is 0 Å². The fraction of sp³-hybridized carbons (Fsp3) is 0.588. The molecule has 0 saturated carbocycles. The molecule has 3 rings (SSSR count). The Hall–Kier alpha value is -1.55. The van der Waals surface area contributed by atoms with E-state index in [4.69, 9.17) is 0 Å². The number of benzene rings is 1. The second-order valence-corrected chi connectivity index (χ2v) is 6.46. The Kier molecular flexibility index (Phi) is 3.89. The topological polar surface area (TPSA) is 35.6 Å². The van der Waals surface area contributed by atoms with Crippen molar-refractivity contribution in [2.45, 2.75) is 45.2 Å². The molecule has 2 atom stereocenters. The van der Waals surface area contributed by atoms with Crippen molar-refractivity contribution in [1.82, 2.24) is 4.90 Å². The summed E-state index contributed by atoms with van der Waals surface area (Å²) in [6.07, 6.45) is 3.35. The van der Waals surface area contributed by atoms with Gasteiger partial charge in [-0.1, -0.05) is 0 Å². The summed E-state index contributed by atoms with van der Waals surface area (Å²) >= 11 is 0. The molecule has 0 bridgehead atoms. The highest BCUT2D eigenvalue weighted by molar-refractivity contribution is 5.94. The van der Waals surface area contributed by atoms with Crippen molar-refractivity contribution in [1.29, 1.82) is 0 Å². The summed E-state index contributed by atoms with van der Waals surface area (Å²) in [4.78, 5) is 15.9. The molecule has 2 aliphatic rings. The average molecular weight is 287 g/mol. The van der Waals surface area contributed by atoms with Gasteiger partial charge in [0.05, 0.1) is 0 Å². The molecule has 2 unspecified atom stereocenters. The number of nitrogens with zero attached hydrogens (tertiary/aromatic N) is 2. The van der Waals surface area contributed by atoms with Crippen LogP contribution in [0, 0.1) is 0 Å². The highest BCUT2D eigenvalue weighted by Crippen LogP contribution is 2.31. The average Bonchev–Trinajstić information content (AvgIpc) is 2.86. The van der Waals surface area contributed by atoms with Gasteiger partial charge in [-0.15, -0.1) is 0 Å². The Labute approximate surface area is 127 Å². The van der Waals surface area contributed by atoms with Crippen LogP contribution in [0.25, 0.3) is 0 Å². The van der Waals surface area contributed by atoms with E-state index in [0.29, 0.717) is 12.1 Å². The molecule has 1 fully saturated rings. The van der Waals surface area contributed by atoms with E-state index in [0.717, 1.165) is 25.2 Å². The zero-order valence-electron chi connectivity index (χ0n) is 13.2. The first-order chi connectivity index (χ1) is 10.0. The van der Waals surface area contributed by atoms with Crippen LogP contribution in [0.3, 0.4) is 0 Å². The molecule has 2 heterocycles. The molecule has 114 valence electrons. The maximum atomic E-state index is 11.6. The van der Waals surface area contributed by atoms with Crippen LogP contribution < -0.4 is 10.2 Å². The summed E-state index contributed by atoms with van der Waals surface area (Å²) in [5.41, 5.74) is 3.57. The van der Waals surface area contributed by atoms with Crippen molar-refractivity contribution >= 4 is 17.3 Å². The van der Waals surface area contributed by atoms with E-state index in [-0.39, 0.29) is 5.91 Å². The lowest BCUT2D eigenvalue weighted by Gasteiger charge is -2.35. The third-order valence-electron chi connectivity index (χ3n) is 4.93. The fourth-order valence-electron chi connectivity index (χ4n) is 3.47. The number of likely N-dealkylation sites (tertiary alicyclic amines) is 1. The number of piperidine rings is 1. The molecule has 21 heavy (non-hydrogen) atoms. The largest absolute Gasteiger partial charge is 0.382 e. The van der Waals surface area contributed by atoms with Gasteiger partial charge in [0.2, 0.25) is 5.91 Å². The molecular formula is C17H25N3O. The van der Waals surface area contributed by atoms with Crippen LogP contribution in [0.1, 0.15) is 32.3 Å². The van der Waals surface area contributed by atoms with Crippen LogP contribution in [0.4, 0.5) is 11.4 Å². The Morgan fingerprint density at radius 2 is 2.14 bits per heavy atom. The highest BCUT2D eigenvalue weighted by Gasteiger charge is 2.24. The maximum absolute atomic E-state index is 11.6. The van der Waals surface area contributed by atoms with Gasteiger partial charge in [0.15, 0.2) is 0 Å². The molecule has 0 spiro atoms. The highest BCUT2D eigenvalue weighted by atomic mass is 16.2. The van der Waals surface area contributed by atoms with Gasteiger partial charge < -0.3 is 15.1 Å². The standard InChI is InChI=1S/C17H25N3O/c1-12-10-16(7-8-19(12)3)18-15-4-5-17-14(11-15)6-9-20(17)13(2)21/h4-5,11-12,16,18H,6-10H2,1-3H3. The fourth-order valence-corrected chi connectivity index (χ4v) is 3.47. The number of hydrogen-bond donors (Lipinski definition) is 1. The Balaban J connectivity index is 1.69. The number of fused-ring (bicyclic) bond motifs is 1. The zero-order chi connectivity index (χ0) is 15.0. The number of carbonyl (C=O) groups excluding carboxylic acids is 1. The smallest absolute Gasteiger partial charge is 0.223 e. The summed E-state index contributed by atoms with van der Waals surface area (Å²) in [7, 11) is 2.20. The van der Waals surface area contributed by atoms with Crippen molar-refractivity contribution in [3.05, 3.63) is 23.8 Å². The molecular weight excluding hydrogens is 262 g/mol. The molecule has 1 aromatic carbocycles. The number of carbonyl (C=O) groups is 1. The van der Waals surface area contributed by atoms with Gasteiger partial charge in [-0.05, 0) is 57.0 Å². The number of nitrogens with one attached hydrogen (secondary N) is 1. The molecule has 0 aliphatic carbocycles. The van der Waals surface area contributed by atoms with E-state index < -0.39 is 0 Å². The molecule has 1 amide bonds. The predicted octanol–water partition coefficient (Wildman–Crippen LogP) is 2.49. The Morgan fingerprint density at radius 1 is 1.33 bits per heavy atom. The summed E-state index contributed by atoms with van der Waals surface area (Å²) < 4.78 is 0. The number of amides is 1. The van der Waals surface area contributed by atoms with Crippen LogP contribution in [-0.4, -0.2) is 43.0 Å². The first kappa shape index (κ1) is 14.4. The Morgan fingerprint density at radius 3 is 2.86 bits per heavy atom. The van der Waals surface area contributed by atoms with Gasteiger partial charge in [-0.3, -0.25) is 4.79 Å². The maximum Gasteiger partial charge on any atom is 0.223 e. The lowest BCUT2D eigenvalue weighted by molar-refractivity contribution is -0.116. The van der Waals surface area contributed by atoms with E-state index in [1.54, 1.807) is 6.92 Å². The quantitative estimate of drug-likeness (QED) is 0.908. The molecule has 1 saturated heterocycles. The second-order valence-electron chi connectivity index (χ2n) is 6.46. The molecule has 4 heteroatoms. The van der Waals surface area contributed by atoms with Crippen LogP contribution in [-0.2, 0) is 11.2 Å². The van der Waals surface area contributed by atoms with Crippen molar-refractivity contribution < 1.29 is 4.79 Å². The third-order valence-corrected chi connectivity index (χ3v) is 4.93. The summed E-state index contributed by atoms with van der Waals surface area (Å²) in [5, 5.41) is 3.68. The van der Waals surface area contributed by atoms with Gasteiger partial charge in [0.25, 0.3) is 0 Å². The van der Waals surface area contributed by atoms with Crippen LogP contribution in [0.15, 0.2) is 18.2 Å². The lowest BCUT2D eigenvalue weighted by atomic mass is 9.98. The first-order valence-electron chi connectivity index (χ1n) is 7.92.